The Labute approximate surface area is 334 Å². The van der Waals surface area contributed by atoms with Crippen molar-refractivity contribution in [1.29, 1.82) is 0 Å². The number of pyridine rings is 1. The highest BCUT2D eigenvalue weighted by Gasteiger charge is 2.47. The first-order valence-electron chi connectivity index (χ1n) is 19.5. The van der Waals surface area contributed by atoms with Crippen molar-refractivity contribution >= 4 is 0 Å². The van der Waals surface area contributed by atoms with Gasteiger partial charge in [0.25, 0.3) is 0 Å². The lowest BCUT2D eigenvalue weighted by atomic mass is 9.67. The van der Waals surface area contributed by atoms with Gasteiger partial charge in [0.15, 0.2) is 5.82 Å². The molecular formula is C54H39N3. The summed E-state index contributed by atoms with van der Waals surface area (Å²) in [5.41, 5.74) is 18.8. The number of aryl methyl sites for hydroxylation is 2. The van der Waals surface area contributed by atoms with E-state index in [0.29, 0.717) is 0 Å². The zero-order valence-electron chi connectivity index (χ0n) is 31.9. The molecule has 2 aromatic heterocycles. The van der Waals surface area contributed by atoms with Gasteiger partial charge in [-0.25, -0.2) is 9.97 Å². The Balaban J connectivity index is 1.12. The molecule has 0 aliphatic heterocycles. The molecule has 0 radical (unpaired) electrons. The lowest BCUT2D eigenvalue weighted by Gasteiger charge is -2.34. The largest absolute Gasteiger partial charge is 0.256 e. The Morgan fingerprint density at radius 3 is 1.67 bits per heavy atom. The average Bonchev–Trinajstić information content (AvgIpc) is 3.58. The molecular weight excluding hydrogens is 691 g/mol. The predicted octanol–water partition coefficient (Wildman–Crippen LogP) is 13.2. The molecule has 0 N–H and O–H groups in total. The van der Waals surface area contributed by atoms with Crippen LogP contribution in [0.2, 0.25) is 0 Å². The molecule has 0 saturated carbocycles. The molecule has 10 rings (SSSR count). The maximum absolute atomic E-state index is 5.12. The van der Waals surface area contributed by atoms with Crippen LogP contribution >= 0.6 is 0 Å². The number of rotatable bonds is 7. The molecule has 270 valence electrons. The van der Waals surface area contributed by atoms with Gasteiger partial charge < -0.3 is 0 Å². The first-order chi connectivity index (χ1) is 28.1. The zero-order valence-corrected chi connectivity index (χ0v) is 31.9. The van der Waals surface area contributed by atoms with E-state index in [1.54, 1.807) is 0 Å². The van der Waals surface area contributed by atoms with Gasteiger partial charge in [0.2, 0.25) is 0 Å². The van der Waals surface area contributed by atoms with Gasteiger partial charge in [-0.05, 0) is 87.7 Å². The summed E-state index contributed by atoms with van der Waals surface area (Å²) in [5.74, 6) is 0.722. The van der Waals surface area contributed by atoms with E-state index in [0.717, 1.165) is 50.7 Å². The van der Waals surface area contributed by atoms with E-state index in [1.807, 2.05) is 25.3 Å². The summed E-state index contributed by atoms with van der Waals surface area (Å²) < 4.78 is 0. The number of aromatic nitrogens is 3. The first kappa shape index (κ1) is 34.3. The van der Waals surface area contributed by atoms with Gasteiger partial charge in [-0.2, -0.15) is 0 Å². The highest BCUT2D eigenvalue weighted by atomic mass is 14.9. The van der Waals surface area contributed by atoms with Crippen LogP contribution in [0, 0.1) is 13.8 Å². The third kappa shape index (κ3) is 5.87. The minimum atomic E-state index is -0.575. The number of fused-ring (bicyclic) bond motifs is 3. The molecule has 2 heterocycles. The van der Waals surface area contributed by atoms with Crippen LogP contribution in [0.1, 0.15) is 33.5 Å². The summed E-state index contributed by atoms with van der Waals surface area (Å²) in [7, 11) is 0. The van der Waals surface area contributed by atoms with E-state index in [1.165, 1.54) is 50.1 Å². The fourth-order valence-electron chi connectivity index (χ4n) is 8.85. The molecule has 57 heavy (non-hydrogen) atoms. The van der Waals surface area contributed by atoms with E-state index in [9.17, 15) is 0 Å². The minimum Gasteiger partial charge on any atom is -0.256 e. The summed E-state index contributed by atoms with van der Waals surface area (Å²) in [6.07, 6.45) is 2.01. The second-order valence-electron chi connectivity index (χ2n) is 14.9. The topological polar surface area (TPSA) is 38.7 Å². The molecule has 3 heteroatoms. The smallest absolute Gasteiger partial charge is 0.160 e. The van der Waals surface area contributed by atoms with Gasteiger partial charge in [0.05, 0.1) is 16.8 Å². The first-order valence-corrected chi connectivity index (χ1v) is 19.5. The van der Waals surface area contributed by atoms with E-state index >= 15 is 0 Å². The summed E-state index contributed by atoms with van der Waals surface area (Å²) in [6, 6.07) is 69.6. The summed E-state index contributed by atoms with van der Waals surface area (Å²) >= 11 is 0. The highest BCUT2D eigenvalue weighted by Crippen LogP contribution is 2.58. The number of nitrogens with zero attached hydrogens (tertiary/aromatic N) is 3. The van der Waals surface area contributed by atoms with Gasteiger partial charge in [-0.15, -0.1) is 0 Å². The van der Waals surface area contributed by atoms with Crippen molar-refractivity contribution in [3.63, 3.8) is 0 Å². The molecule has 1 atom stereocenters. The van der Waals surface area contributed by atoms with Crippen LogP contribution in [0.25, 0.3) is 67.3 Å². The van der Waals surface area contributed by atoms with Crippen LogP contribution in [-0.4, -0.2) is 15.0 Å². The molecule has 0 fully saturated rings. The fourth-order valence-corrected chi connectivity index (χ4v) is 8.85. The van der Waals surface area contributed by atoms with Crippen molar-refractivity contribution in [3.05, 3.63) is 234 Å². The Hall–Kier alpha value is -7.23. The van der Waals surface area contributed by atoms with Gasteiger partial charge in [0.1, 0.15) is 0 Å². The normalized spacial score (nSPS) is 14.2. The van der Waals surface area contributed by atoms with Crippen LogP contribution in [-0.2, 0) is 5.41 Å². The third-order valence-electron chi connectivity index (χ3n) is 11.4. The second-order valence-corrected chi connectivity index (χ2v) is 14.9. The lowest BCUT2D eigenvalue weighted by molar-refractivity contribution is 0.768. The quantitative estimate of drug-likeness (QED) is 0.164. The standard InChI is InChI=1S/C54H39N3/c1-36-32-50(40-16-6-3-7-17-40)55-35-47(36)39-30-28-38(29-31-39)45-25-15-27-49-52(45)46-24-12-13-26-48(46)54(49,43-21-10-5-11-22-43)44-23-14-20-42(34-44)53-56-37(2)33-51(57-53)41-18-8-4-9-19-41/h3-35H,1-2H3. The maximum atomic E-state index is 5.12. The van der Waals surface area contributed by atoms with E-state index in [-0.39, 0.29) is 0 Å². The molecule has 7 aromatic carbocycles. The average molecular weight is 730 g/mol. The number of hydrogen-bond acceptors (Lipinski definition) is 3. The van der Waals surface area contributed by atoms with Gasteiger partial charge >= 0.3 is 0 Å². The van der Waals surface area contributed by atoms with Crippen LogP contribution in [0.5, 0.6) is 0 Å². The van der Waals surface area contributed by atoms with Gasteiger partial charge in [0, 0.05) is 34.1 Å². The molecule has 1 aliphatic carbocycles. The predicted molar refractivity (Wildman–Crippen MR) is 234 cm³/mol. The van der Waals surface area contributed by atoms with Crippen LogP contribution in [0.4, 0.5) is 0 Å². The SMILES string of the molecule is Cc1cc(-c2ccccc2)nc(-c2cccc(C3(c4ccccc4)c4ccccc4-c4c(-c5ccc(-c6cnc(-c7ccccc7)cc6C)cc5)cccc43)c2)n1. The highest BCUT2D eigenvalue weighted by molar-refractivity contribution is 5.96. The van der Waals surface area contributed by atoms with Crippen molar-refractivity contribution in [1.82, 2.24) is 15.0 Å². The fraction of sp³-hybridized carbons (Fsp3) is 0.0556. The lowest BCUT2D eigenvalue weighted by Crippen LogP contribution is -2.28. The second kappa shape index (κ2) is 14.1. The molecule has 0 spiro atoms. The Kier molecular flexibility index (Phi) is 8.49. The van der Waals surface area contributed by atoms with Gasteiger partial charge in [-0.3, -0.25) is 4.98 Å². The van der Waals surface area contributed by atoms with Crippen LogP contribution < -0.4 is 0 Å². The van der Waals surface area contributed by atoms with Crippen molar-refractivity contribution in [3.8, 4) is 67.3 Å². The molecule has 3 nitrogen and oxygen atoms in total. The number of hydrogen-bond donors (Lipinski definition) is 0. The summed E-state index contributed by atoms with van der Waals surface area (Å²) in [5, 5.41) is 0. The molecule has 9 aromatic rings. The third-order valence-corrected chi connectivity index (χ3v) is 11.4. The summed E-state index contributed by atoms with van der Waals surface area (Å²) in [4.78, 5) is 14.9. The molecule has 0 saturated heterocycles. The van der Waals surface area contributed by atoms with E-state index < -0.39 is 5.41 Å². The van der Waals surface area contributed by atoms with Gasteiger partial charge in [-0.1, -0.05) is 176 Å². The number of benzene rings is 7. The monoisotopic (exact) mass is 729 g/mol. The molecule has 1 aliphatic rings. The van der Waals surface area contributed by atoms with Crippen LogP contribution in [0.15, 0.2) is 200 Å². The van der Waals surface area contributed by atoms with Crippen molar-refractivity contribution in [2.45, 2.75) is 19.3 Å². The molecule has 0 bridgehead atoms. The van der Waals surface area contributed by atoms with Crippen molar-refractivity contribution < 1.29 is 0 Å². The zero-order chi connectivity index (χ0) is 38.3. The van der Waals surface area contributed by atoms with Crippen molar-refractivity contribution in [2.75, 3.05) is 0 Å². The molecule has 0 amide bonds. The van der Waals surface area contributed by atoms with Crippen molar-refractivity contribution in [2.24, 2.45) is 0 Å². The Morgan fingerprint density at radius 2 is 0.947 bits per heavy atom. The Morgan fingerprint density at radius 1 is 0.386 bits per heavy atom. The van der Waals surface area contributed by atoms with Crippen LogP contribution in [0.3, 0.4) is 0 Å². The maximum Gasteiger partial charge on any atom is 0.160 e. The Bertz CT molecular complexity index is 2900. The van der Waals surface area contributed by atoms with E-state index in [4.69, 9.17) is 15.0 Å². The minimum absolute atomic E-state index is 0.575. The van der Waals surface area contributed by atoms with E-state index in [2.05, 4.69) is 189 Å². The summed E-state index contributed by atoms with van der Waals surface area (Å²) in [6.45, 7) is 4.22. The molecule has 1 unspecified atom stereocenters.